The van der Waals surface area contributed by atoms with E-state index in [1.54, 1.807) is 0 Å². The second-order valence-electron chi connectivity index (χ2n) is 6.51. The fraction of sp³-hybridized carbons (Fsp3) is 0.611. The van der Waals surface area contributed by atoms with Gasteiger partial charge in [-0.25, -0.2) is 12.7 Å². The van der Waals surface area contributed by atoms with Crippen LogP contribution in [0.4, 0.5) is 5.69 Å². The molecule has 0 aromatic heterocycles. The second-order valence-corrected chi connectivity index (χ2v) is 8.49. The van der Waals surface area contributed by atoms with Crippen molar-refractivity contribution >= 4 is 21.6 Å². The van der Waals surface area contributed by atoms with Gasteiger partial charge in [0, 0.05) is 25.2 Å². The van der Waals surface area contributed by atoms with Gasteiger partial charge in [0.2, 0.25) is 15.9 Å². The predicted octanol–water partition coefficient (Wildman–Crippen LogP) is 3.51. The molecule has 0 bridgehead atoms. The maximum Gasteiger partial charge on any atom is 0.225 e. The summed E-state index contributed by atoms with van der Waals surface area (Å²) in [5, 5.41) is 2.96. The van der Waals surface area contributed by atoms with Gasteiger partial charge in [0.05, 0.1) is 6.26 Å². The second kappa shape index (κ2) is 9.18. The van der Waals surface area contributed by atoms with Crippen molar-refractivity contribution in [2.75, 3.05) is 24.7 Å². The number of carbonyl (C=O) groups excluding carboxylic acids is 1. The van der Waals surface area contributed by atoms with Crippen molar-refractivity contribution in [1.82, 2.24) is 4.31 Å². The van der Waals surface area contributed by atoms with E-state index >= 15 is 0 Å². The number of nitrogens with one attached hydrogen (secondary N) is 1. The molecular formula is C18H30N2O3S. The third-order valence-electron chi connectivity index (χ3n) is 4.01. The highest BCUT2D eigenvalue weighted by molar-refractivity contribution is 7.88. The average molecular weight is 355 g/mol. The van der Waals surface area contributed by atoms with E-state index < -0.39 is 10.0 Å². The Morgan fingerprint density at radius 1 is 1.25 bits per heavy atom. The number of anilines is 1. The first-order valence-corrected chi connectivity index (χ1v) is 10.4. The Bertz CT molecular complexity index is 654. The molecule has 0 heterocycles. The highest BCUT2D eigenvalue weighted by atomic mass is 32.2. The summed E-state index contributed by atoms with van der Waals surface area (Å²) in [5.41, 5.74) is 2.95. The number of hydrogen-bond donors (Lipinski definition) is 1. The molecule has 0 aliphatic carbocycles. The van der Waals surface area contributed by atoms with Crippen molar-refractivity contribution in [1.29, 1.82) is 0 Å². The van der Waals surface area contributed by atoms with E-state index in [1.807, 2.05) is 32.0 Å². The van der Waals surface area contributed by atoms with Gasteiger partial charge in [0.1, 0.15) is 0 Å². The molecule has 1 rings (SSSR count). The lowest BCUT2D eigenvalue weighted by atomic mass is 9.98. The minimum atomic E-state index is -3.28. The summed E-state index contributed by atoms with van der Waals surface area (Å²) in [4.78, 5) is 12.3. The summed E-state index contributed by atoms with van der Waals surface area (Å²) < 4.78 is 25.0. The van der Waals surface area contributed by atoms with Gasteiger partial charge in [-0.2, -0.15) is 0 Å². The summed E-state index contributed by atoms with van der Waals surface area (Å²) in [6.45, 7) is 8.82. The first kappa shape index (κ1) is 20.6. The van der Waals surface area contributed by atoms with E-state index in [1.165, 1.54) is 10.6 Å². The van der Waals surface area contributed by atoms with E-state index in [-0.39, 0.29) is 18.9 Å². The van der Waals surface area contributed by atoms with E-state index in [9.17, 15) is 13.2 Å². The molecule has 0 aliphatic heterocycles. The van der Waals surface area contributed by atoms with Crippen LogP contribution in [0.1, 0.15) is 57.1 Å². The Hall–Kier alpha value is -1.40. The van der Waals surface area contributed by atoms with Crippen LogP contribution in [0, 0.1) is 6.92 Å². The molecule has 1 aromatic rings. The topological polar surface area (TPSA) is 66.5 Å². The molecule has 0 aliphatic rings. The van der Waals surface area contributed by atoms with Crippen LogP contribution in [-0.4, -0.2) is 38.0 Å². The Balaban J connectivity index is 2.76. The zero-order chi connectivity index (χ0) is 18.3. The Morgan fingerprint density at radius 2 is 1.92 bits per heavy atom. The van der Waals surface area contributed by atoms with Crippen LogP contribution in [0.25, 0.3) is 0 Å². The summed E-state index contributed by atoms with van der Waals surface area (Å²) in [6, 6.07) is 5.96. The summed E-state index contributed by atoms with van der Waals surface area (Å²) >= 11 is 0. The van der Waals surface area contributed by atoms with Crippen LogP contribution < -0.4 is 5.32 Å². The molecule has 0 radical (unpaired) electrons. The Morgan fingerprint density at radius 3 is 2.46 bits per heavy atom. The first-order chi connectivity index (χ1) is 11.2. The standard InChI is InChI=1S/C18H30N2O3S/c1-6-7-12-20(24(5,22)23)13-11-17(21)19-18-15(4)9-8-10-16(18)14(2)3/h8-10,14H,6-7,11-13H2,1-5H3,(H,19,21). The van der Waals surface area contributed by atoms with Crippen LogP contribution >= 0.6 is 0 Å². The zero-order valence-electron chi connectivity index (χ0n) is 15.4. The van der Waals surface area contributed by atoms with Crippen molar-refractivity contribution < 1.29 is 13.2 Å². The van der Waals surface area contributed by atoms with Gasteiger partial charge in [-0.15, -0.1) is 0 Å². The van der Waals surface area contributed by atoms with Gasteiger partial charge >= 0.3 is 0 Å². The monoisotopic (exact) mass is 354 g/mol. The lowest BCUT2D eigenvalue weighted by molar-refractivity contribution is -0.116. The van der Waals surface area contributed by atoms with Gasteiger partial charge in [-0.1, -0.05) is 45.4 Å². The number of rotatable bonds is 9. The third-order valence-corrected chi connectivity index (χ3v) is 5.31. The lowest BCUT2D eigenvalue weighted by Crippen LogP contribution is -2.34. The van der Waals surface area contributed by atoms with Gasteiger partial charge < -0.3 is 5.32 Å². The summed E-state index contributed by atoms with van der Waals surface area (Å²) in [6.07, 6.45) is 3.06. The van der Waals surface area contributed by atoms with E-state index in [2.05, 4.69) is 19.2 Å². The number of carbonyl (C=O) groups is 1. The van der Waals surface area contributed by atoms with Crippen molar-refractivity contribution in [2.45, 2.75) is 52.9 Å². The maximum absolute atomic E-state index is 12.3. The molecule has 5 nitrogen and oxygen atoms in total. The number of benzene rings is 1. The van der Waals surface area contributed by atoms with Crippen molar-refractivity contribution in [3.63, 3.8) is 0 Å². The maximum atomic E-state index is 12.3. The van der Waals surface area contributed by atoms with E-state index in [0.717, 1.165) is 29.7 Å². The van der Waals surface area contributed by atoms with Gasteiger partial charge in [-0.05, 0) is 30.4 Å². The molecule has 0 fully saturated rings. The molecule has 0 saturated carbocycles. The molecule has 136 valence electrons. The molecule has 1 amide bonds. The Labute approximate surface area is 146 Å². The molecule has 1 N–H and O–H groups in total. The molecule has 6 heteroatoms. The molecule has 1 aromatic carbocycles. The molecular weight excluding hydrogens is 324 g/mol. The van der Waals surface area contributed by atoms with Gasteiger partial charge in [0.15, 0.2) is 0 Å². The minimum absolute atomic E-state index is 0.155. The smallest absolute Gasteiger partial charge is 0.225 e. The normalized spacial score (nSPS) is 12.0. The molecule has 0 unspecified atom stereocenters. The summed E-state index contributed by atoms with van der Waals surface area (Å²) in [7, 11) is -3.28. The number of unbranched alkanes of at least 4 members (excludes halogenated alkanes) is 1. The predicted molar refractivity (Wildman–Crippen MR) is 99.8 cm³/mol. The molecule has 24 heavy (non-hydrogen) atoms. The average Bonchev–Trinajstić information content (AvgIpc) is 2.47. The zero-order valence-corrected chi connectivity index (χ0v) is 16.2. The fourth-order valence-corrected chi connectivity index (χ4v) is 3.43. The number of aryl methyl sites for hydroxylation is 1. The number of nitrogens with zero attached hydrogens (tertiary/aromatic N) is 1. The SMILES string of the molecule is CCCCN(CCC(=O)Nc1c(C)cccc1C(C)C)S(C)(=O)=O. The van der Waals surface area contributed by atoms with E-state index in [4.69, 9.17) is 0 Å². The first-order valence-electron chi connectivity index (χ1n) is 8.51. The molecule has 0 atom stereocenters. The third kappa shape index (κ3) is 6.24. The van der Waals surface area contributed by atoms with Gasteiger partial charge in [0.25, 0.3) is 0 Å². The van der Waals surface area contributed by atoms with Crippen molar-refractivity contribution in [3.05, 3.63) is 29.3 Å². The fourth-order valence-electron chi connectivity index (χ4n) is 2.55. The van der Waals surface area contributed by atoms with Crippen molar-refractivity contribution in [2.24, 2.45) is 0 Å². The lowest BCUT2D eigenvalue weighted by Gasteiger charge is -2.20. The Kier molecular flexibility index (Phi) is 7.90. The largest absolute Gasteiger partial charge is 0.326 e. The quantitative estimate of drug-likeness (QED) is 0.738. The van der Waals surface area contributed by atoms with Crippen LogP contribution in [-0.2, 0) is 14.8 Å². The molecule has 0 spiro atoms. The van der Waals surface area contributed by atoms with Gasteiger partial charge in [-0.3, -0.25) is 4.79 Å². The summed E-state index contributed by atoms with van der Waals surface area (Å²) in [5.74, 6) is 0.147. The highest BCUT2D eigenvalue weighted by Gasteiger charge is 2.18. The van der Waals surface area contributed by atoms with Crippen molar-refractivity contribution in [3.8, 4) is 0 Å². The highest BCUT2D eigenvalue weighted by Crippen LogP contribution is 2.27. The number of hydrogen-bond acceptors (Lipinski definition) is 3. The van der Waals surface area contributed by atoms with Crippen LogP contribution in [0.3, 0.4) is 0 Å². The minimum Gasteiger partial charge on any atom is -0.326 e. The molecule has 0 saturated heterocycles. The number of sulfonamides is 1. The van der Waals surface area contributed by atoms with Crippen LogP contribution in [0.2, 0.25) is 0 Å². The number of amides is 1. The number of para-hydroxylation sites is 1. The van der Waals surface area contributed by atoms with E-state index in [0.29, 0.717) is 12.5 Å². The van der Waals surface area contributed by atoms with Crippen LogP contribution in [0.15, 0.2) is 18.2 Å². The van der Waals surface area contributed by atoms with Crippen LogP contribution in [0.5, 0.6) is 0 Å².